The van der Waals surface area contributed by atoms with Crippen LogP contribution < -0.4 is 14.8 Å². The summed E-state index contributed by atoms with van der Waals surface area (Å²) in [5.74, 6) is 1.57. The van der Waals surface area contributed by atoms with E-state index in [-0.39, 0.29) is 18.2 Å². The third-order valence-electron chi connectivity index (χ3n) is 4.23. The summed E-state index contributed by atoms with van der Waals surface area (Å²) < 4.78 is 11.5. The van der Waals surface area contributed by atoms with Crippen molar-refractivity contribution in [1.82, 2.24) is 5.32 Å². The van der Waals surface area contributed by atoms with Crippen molar-refractivity contribution in [3.8, 4) is 11.5 Å². The third-order valence-corrected chi connectivity index (χ3v) is 4.23. The smallest absolute Gasteiger partial charge is 0.161 e. The Morgan fingerprint density at radius 2 is 2.19 bits per heavy atom. The number of nitrogens with one attached hydrogen (secondary N) is 1. The Kier molecular flexibility index (Phi) is 5.48. The van der Waals surface area contributed by atoms with Crippen LogP contribution >= 0.6 is 0 Å². The molecule has 1 saturated carbocycles. The van der Waals surface area contributed by atoms with Gasteiger partial charge < -0.3 is 19.9 Å². The van der Waals surface area contributed by atoms with E-state index in [0.717, 1.165) is 49.3 Å². The predicted molar refractivity (Wildman–Crippen MR) is 84.1 cm³/mol. The summed E-state index contributed by atoms with van der Waals surface area (Å²) in [5.41, 5.74) is 0.971. The number of ether oxygens (including phenoxy) is 2. The minimum absolute atomic E-state index is 0.123. The molecule has 118 valence electrons. The van der Waals surface area contributed by atoms with E-state index in [0.29, 0.717) is 0 Å². The number of hydrogen-bond acceptors (Lipinski definition) is 4. The van der Waals surface area contributed by atoms with Crippen molar-refractivity contribution in [3.05, 3.63) is 23.8 Å². The molecule has 4 heteroatoms. The molecule has 1 fully saturated rings. The van der Waals surface area contributed by atoms with E-state index in [1.807, 2.05) is 25.1 Å². The van der Waals surface area contributed by atoms with Gasteiger partial charge in [0.2, 0.25) is 0 Å². The first kappa shape index (κ1) is 16.1. The molecule has 0 bridgehead atoms. The van der Waals surface area contributed by atoms with Gasteiger partial charge in [-0.05, 0) is 50.4 Å². The molecular formula is C17H27NO3. The van der Waals surface area contributed by atoms with Crippen LogP contribution in [0.3, 0.4) is 0 Å². The van der Waals surface area contributed by atoms with E-state index in [2.05, 4.69) is 12.2 Å². The third kappa shape index (κ3) is 3.89. The van der Waals surface area contributed by atoms with Crippen LogP contribution in [0.2, 0.25) is 0 Å². The first-order valence-corrected chi connectivity index (χ1v) is 7.79. The van der Waals surface area contributed by atoms with E-state index in [4.69, 9.17) is 9.47 Å². The second kappa shape index (κ2) is 7.14. The van der Waals surface area contributed by atoms with Gasteiger partial charge in [0.1, 0.15) is 6.10 Å². The van der Waals surface area contributed by atoms with E-state index < -0.39 is 0 Å². The van der Waals surface area contributed by atoms with Crippen LogP contribution in [0.15, 0.2) is 18.2 Å². The van der Waals surface area contributed by atoms with Crippen LogP contribution in [0, 0.1) is 6.92 Å². The van der Waals surface area contributed by atoms with Crippen molar-refractivity contribution in [2.24, 2.45) is 0 Å². The number of aryl methyl sites for hydroxylation is 1. The standard InChI is InChI=1S/C17H27NO3/c1-4-9-18-17(12-19)8-7-14(11-17)21-15-6-5-13(2)10-16(15)20-3/h5-6,10,14,18-19H,4,7-9,11-12H2,1-3H3. The van der Waals surface area contributed by atoms with Crippen molar-refractivity contribution in [1.29, 1.82) is 0 Å². The number of hydrogen-bond donors (Lipinski definition) is 2. The van der Waals surface area contributed by atoms with Gasteiger partial charge in [0.25, 0.3) is 0 Å². The Morgan fingerprint density at radius 1 is 1.38 bits per heavy atom. The van der Waals surface area contributed by atoms with Crippen molar-refractivity contribution in [2.75, 3.05) is 20.3 Å². The van der Waals surface area contributed by atoms with E-state index in [1.165, 1.54) is 0 Å². The lowest BCUT2D eigenvalue weighted by molar-refractivity contribution is 0.139. The average Bonchev–Trinajstić information content (AvgIpc) is 2.91. The molecule has 0 saturated heterocycles. The molecule has 2 atom stereocenters. The lowest BCUT2D eigenvalue weighted by atomic mass is 9.98. The van der Waals surface area contributed by atoms with Gasteiger partial charge in [-0.2, -0.15) is 0 Å². The summed E-state index contributed by atoms with van der Waals surface area (Å²) in [5, 5.41) is 13.2. The van der Waals surface area contributed by atoms with Crippen LogP contribution in [-0.2, 0) is 0 Å². The fourth-order valence-corrected chi connectivity index (χ4v) is 2.98. The van der Waals surface area contributed by atoms with Gasteiger partial charge in [-0.15, -0.1) is 0 Å². The molecule has 0 spiro atoms. The normalized spacial score (nSPS) is 25.0. The van der Waals surface area contributed by atoms with Crippen LogP contribution in [0.5, 0.6) is 11.5 Å². The predicted octanol–water partition coefficient (Wildman–Crippen LogP) is 2.67. The quantitative estimate of drug-likeness (QED) is 0.811. The Bertz CT molecular complexity index is 463. The monoisotopic (exact) mass is 293 g/mol. The van der Waals surface area contributed by atoms with E-state index >= 15 is 0 Å². The van der Waals surface area contributed by atoms with Crippen LogP contribution in [-0.4, -0.2) is 37.0 Å². The van der Waals surface area contributed by atoms with E-state index in [1.54, 1.807) is 7.11 Å². The summed E-state index contributed by atoms with van der Waals surface area (Å²) in [6.07, 6.45) is 3.93. The number of methoxy groups -OCH3 is 1. The largest absolute Gasteiger partial charge is 0.493 e. The first-order valence-electron chi connectivity index (χ1n) is 7.79. The Morgan fingerprint density at radius 3 is 2.86 bits per heavy atom. The second-order valence-electron chi connectivity index (χ2n) is 6.00. The molecule has 21 heavy (non-hydrogen) atoms. The molecule has 1 aromatic carbocycles. The van der Waals surface area contributed by atoms with Crippen molar-refractivity contribution >= 4 is 0 Å². The molecule has 0 aromatic heterocycles. The highest BCUT2D eigenvalue weighted by atomic mass is 16.5. The Labute approximate surface area is 127 Å². The summed E-state index contributed by atoms with van der Waals surface area (Å²) in [6.45, 7) is 5.27. The number of aliphatic hydroxyl groups excluding tert-OH is 1. The zero-order valence-electron chi connectivity index (χ0n) is 13.3. The van der Waals surface area contributed by atoms with Gasteiger partial charge in [0.05, 0.1) is 13.7 Å². The molecule has 4 nitrogen and oxygen atoms in total. The molecular weight excluding hydrogens is 266 g/mol. The molecule has 0 amide bonds. The first-order chi connectivity index (χ1) is 10.1. The van der Waals surface area contributed by atoms with E-state index in [9.17, 15) is 5.11 Å². The molecule has 2 unspecified atom stereocenters. The highest BCUT2D eigenvalue weighted by Crippen LogP contribution is 2.36. The Hall–Kier alpha value is -1.26. The van der Waals surface area contributed by atoms with Gasteiger partial charge >= 0.3 is 0 Å². The maximum absolute atomic E-state index is 9.72. The zero-order valence-corrected chi connectivity index (χ0v) is 13.3. The number of benzene rings is 1. The fraction of sp³-hybridized carbons (Fsp3) is 0.647. The minimum Gasteiger partial charge on any atom is -0.493 e. The number of aliphatic hydroxyl groups is 1. The molecule has 1 aromatic rings. The molecule has 0 aliphatic heterocycles. The minimum atomic E-state index is -0.182. The Balaban J connectivity index is 2.02. The van der Waals surface area contributed by atoms with Gasteiger partial charge in [-0.1, -0.05) is 13.0 Å². The highest BCUT2D eigenvalue weighted by molar-refractivity contribution is 5.42. The topological polar surface area (TPSA) is 50.7 Å². The molecule has 0 radical (unpaired) electrons. The highest BCUT2D eigenvalue weighted by Gasteiger charge is 2.39. The van der Waals surface area contributed by atoms with Crippen LogP contribution in [0.25, 0.3) is 0 Å². The van der Waals surface area contributed by atoms with Crippen molar-refractivity contribution < 1.29 is 14.6 Å². The molecule has 0 heterocycles. The molecule has 2 N–H and O–H groups in total. The molecule has 1 aliphatic carbocycles. The lowest BCUT2D eigenvalue weighted by Gasteiger charge is -2.28. The summed E-state index contributed by atoms with van der Waals surface area (Å²) in [4.78, 5) is 0. The molecule has 2 rings (SSSR count). The van der Waals surface area contributed by atoms with Gasteiger partial charge in [-0.3, -0.25) is 0 Å². The maximum atomic E-state index is 9.72. The van der Waals surface area contributed by atoms with Crippen molar-refractivity contribution in [3.63, 3.8) is 0 Å². The van der Waals surface area contributed by atoms with Crippen molar-refractivity contribution in [2.45, 2.75) is 51.2 Å². The molecule has 1 aliphatic rings. The average molecular weight is 293 g/mol. The number of rotatable bonds is 7. The summed E-state index contributed by atoms with van der Waals surface area (Å²) in [7, 11) is 1.66. The zero-order chi connectivity index (χ0) is 15.3. The summed E-state index contributed by atoms with van der Waals surface area (Å²) in [6, 6.07) is 5.98. The summed E-state index contributed by atoms with van der Waals surface area (Å²) >= 11 is 0. The second-order valence-corrected chi connectivity index (χ2v) is 6.00. The maximum Gasteiger partial charge on any atom is 0.161 e. The van der Waals surface area contributed by atoms with Gasteiger partial charge in [0.15, 0.2) is 11.5 Å². The SMILES string of the molecule is CCCNC1(CO)CCC(Oc2ccc(C)cc2OC)C1. The van der Waals surface area contributed by atoms with Crippen LogP contribution in [0.1, 0.15) is 38.2 Å². The van der Waals surface area contributed by atoms with Gasteiger partial charge in [0, 0.05) is 12.0 Å². The fourth-order valence-electron chi connectivity index (χ4n) is 2.98. The van der Waals surface area contributed by atoms with Crippen LogP contribution in [0.4, 0.5) is 0 Å². The van der Waals surface area contributed by atoms with Gasteiger partial charge in [-0.25, -0.2) is 0 Å². The lowest BCUT2D eigenvalue weighted by Crippen LogP contribution is -2.47.